The van der Waals surface area contributed by atoms with Crippen LogP contribution < -0.4 is 10.1 Å². The van der Waals surface area contributed by atoms with Gasteiger partial charge in [0.1, 0.15) is 30.0 Å². The molecule has 35 heavy (non-hydrogen) atoms. The second-order valence-electron chi connectivity index (χ2n) is 8.16. The predicted octanol–water partition coefficient (Wildman–Crippen LogP) is 5.42. The van der Waals surface area contributed by atoms with Gasteiger partial charge in [-0.15, -0.1) is 0 Å². The van der Waals surface area contributed by atoms with Crippen LogP contribution in [0.25, 0.3) is 5.70 Å². The lowest BCUT2D eigenvalue weighted by Crippen LogP contribution is -2.32. The van der Waals surface area contributed by atoms with Crippen molar-refractivity contribution >= 4 is 29.2 Å². The molecule has 3 heterocycles. The second-order valence-corrected chi connectivity index (χ2v) is 8.60. The molecule has 0 aliphatic carbocycles. The van der Waals surface area contributed by atoms with Gasteiger partial charge in [-0.05, 0) is 42.0 Å². The maximum Gasteiger partial charge on any atom is 0.337 e. The Hall–Kier alpha value is -4.17. The Morgan fingerprint density at radius 1 is 1.14 bits per heavy atom. The number of carbonyl (C=O) groups is 1. The fourth-order valence-corrected chi connectivity index (χ4v) is 4.80. The molecule has 2 aliphatic rings. The van der Waals surface area contributed by atoms with Gasteiger partial charge in [0.25, 0.3) is 0 Å². The number of rotatable bonds is 3. The van der Waals surface area contributed by atoms with Crippen LogP contribution >= 0.6 is 11.6 Å². The number of hydrogen-bond donors (Lipinski definition) is 1. The van der Waals surface area contributed by atoms with E-state index in [1.807, 2.05) is 0 Å². The average Bonchev–Trinajstić information content (AvgIpc) is 3.36. The number of esters is 1. The normalized spacial score (nSPS) is 18.0. The molecule has 2 aliphatic heterocycles. The smallest absolute Gasteiger partial charge is 0.337 e. The van der Waals surface area contributed by atoms with E-state index in [1.165, 1.54) is 19.5 Å². The number of halogens is 2. The van der Waals surface area contributed by atoms with E-state index in [-0.39, 0.29) is 5.82 Å². The summed E-state index contributed by atoms with van der Waals surface area (Å²) in [6, 6.07) is 18.3. The lowest BCUT2D eigenvalue weighted by atomic mass is 9.84. The van der Waals surface area contributed by atoms with E-state index >= 15 is 4.39 Å². The highest BCUT2D eigenvalue weighted by Gasteiger charge is 2.41. The molecule has 0 radical (unpaired) electrons. The number of fused-ring (bicyclic) bond motifs is 3. The van der Waals surface area contributed by atoms with Crippen LogP contribution in [0.1, 0.15) is 39.2 Å². The van der Waals surface area contributed by atoms with E-state index in [4.69, 9.17) is 21.1 Å². The summed E-state index contributed by atoms with van der Waals surface area (Å²) in [5.74, 6) is 0.286. The Labute approximate surface area is 204 Å². The monoisotopic (exact) mass is 488 g/mol. The SMILES string of the molecule is COC(=O)c1ccc([C@H]2Oc3ccc(Cl)cc3C3=C2[C@H](c2ccccc2F)n2ncnc2N3)cc1. The summed E-state index contributed by atoms with van der Waals surface area (Å²) in [5, 5.41) is 8.29. The molecular weight excluding hydrogens is 471 g/mol. The Morgan fingerprint density at radius 2 is 1.94 bits per heavy atom. The maximum atomic E-state index is 15.2. The van der Waals surface area contributed by atoms with Crippen molar-refractivity contribution in [2.45, 2.75) is 12.1 Å². The van der Waals surface area contributed by atoms with Crippen molar-refractivity contribution in [2.75, 3.05) is 12.4 Å². The third-order valence-electron chi connectivity index (χ3n) is 6.21. The minimum absolute atomic E-state index is 0.371. The first-order valence-corrected chi connectivity index (χ1v) is 11.2. The molecule has 3 aromatic carbocycles. The highest BCUT2D eigenvalue weighted by atomic mass is 35.5. The minimum atomic E-state index is -0.637. The van der Waals surface area contributed by atoms with Crippen LogP contribution in [-0.4, -0.2) is 27.8 Å². The standard InChI is InChI=1S/C26H18ClFN4O3/c1-34-25(33)15-8-6-14(7-9-15)24-21-22(18-12-16(27)10-11-20(18)35-24)31-26-29-13-30-32(26)23(21)17-4-2-3-5-19(17)28/h2-13,23-24H,1H3,(H,29,30,31)/t23-,24+/m0/s1. The van der Waals surface area contributed by atoms with Gasteiger partial charge in [-0.2, -0.15) is 10.1 Å². The third kappa shape index (κ3) is 3.45. The van der Waals surface area contributed by atoms with Crippen molar-refractivity contribution in [1.29, 1.82) is 0 Å². The molecule has 1 aromatic heterocycles. The molecule has 0 bridgehead atoms. The molecule has 0 unspecified atom stereocenters. The second kappa shape index (κ2) is 8.25. The summed E-state index contributed by atoms with van der Waals surface area (Å²) in [6.07, 6.45) is 0.814. The van der Waals surface area contributed by atoms with Gasteiger partial charge in [-0.1, -0.05) is 41.9 Å². The molecule has 9 heteroatoms. The molecule has 0 saturated heterocycles. The number of aromatic nitrogens is 3. The number of nitrogens with zero attached hydrogens (tertiary/aromatic N) is 3. The fourth-order valence-electron chi connectivity index (χ4n) is 4.62. The first kappa shape index (κ1) is 21.4. The van der Waals surface area contributed by atoms with Crippen LogP contribution in [0.15, 0.2) is 78.6 Å². The molecule has 6 rings (SSSR count). The highest BCUT2D eigenvalue weighted by molar-refractivity contribution is 6.30. The Kier molecular flexibility index (Phi) is 5.04. The summed E-state index contributed by atoms with van der Waals surface area (Å²) in [6.45, 7) is 0. The van der Waals surface area contributed by atoms with E-state index in [0.29, 0.717) is 27.8 Å². The number of benzene rings is 3. The number of methoxy groups -OCH3 is 1. The summed E-state index contributed by atoms with van der Waals surface area (Å²) in [5.41, 5.74) is 3.83. The van der Waals surface area contributed by atoms with Crippen molar-refractivity contribution in [1.82, 2.24) is 14.8 Å². The maximum absolute atomic E-state index is 15.2. The lowest BCUT2D eigenvalue weighted by molar-refractivity contribution is 0.0600. The molecule has 0 fully saturated rings. The Morgan fingerprint density at radius 3 is 2.71 bits per heavy atom. The molecule has 2 atom stereocenters. The zero-order chi connectivity index (χ0) is 24.1. The van der Waals surface area contributed by atoms with Crippen LogP contribution in [0.4, 0.5) is 10.3 Å². The topological polar surface area (TPSA) is 78.3 Å². The molecule has 0 saturated carbocycles. The van der Waals surface area contributed by atoms with Crippen molar-refractivity contribution in [2.24, 2.45) is 0 Å². The van der Waals surface area contributed by atoms with E-state index in [2.05, 4.69) is 15.4 Å². The zero-order valence-corrected chi connectivity index (χ0v) is 19.2. The van der Waals surface area contributed by atoms with Crippen LogP contribution in [0.5, 0.6) is 5.75 Å². The van der Waals surface area contributed by atoms with E-state index in [9.17, 15) is 4.79 Å². The number of anilines is 1. The van der Waals surface area contributed by atoms with Gasteiger partial charge in [-0.3, -0.25) is 0 Å². The van der Waals surface area contributed by atoms with Crippen LogP contribution in [0.2, 0.25) is 5.02 Å². The van der Waals surface area contributed by atoms with Gasteiger partial charge >= 0.3 is 5.97 Å². The predicted molar refractivity (Wildman–Crippen MR) is 128 cm³/mol. The third-order valence-corrected chi connectivity index (χ3v) is 6.45. The molecule has 7 nitrogen and oxygen atoms in total. The average molecular weight is 489 g/mol. The molecule has 4 aromatic rings. The van der Waals surface area contributed by atoms with Crippen molar-refractivity contribution in [3.8, 4) is 5.75 Å². The first-order chi connectivity index (χ1) is 17.0. The molecule has 0 amide bonds. The molecular formula is C26H18ClFN4O3. The summed E-state index contributed by atoms with van der Waals surface area (Å²) in [7, 11) is 1.34. The Bertz CT molecular complexity index is 1500. The van der Waals surface area contributed by atoms with Gasteiger partial charge in [-0.25, -0.2) is 13.9 Å². The van der Waals surface area contributed by atoms with Gasteiger partial charge in [0, 0.05) is 21.7 Å². The number of carbonyl (C=O) groups excluding carboxylic acids is 1. The minimum Gasteiger partial charge on any atom is -0.480 e. The zero-order valence-electron chi connectivity index (χ0n) is 18.4. The quantitative estimate of drug-likeness (QED) is 0.388. The van der Waals surface area contributed by atoms with Gasteiger partial charge in [0.05, 0.1) is 18.4 Å². The molecule has 174 valence electrons. The van der Waals surface area contributed by atoms with Crippen molar-refractivity contribution < 1.29 is 18.7 Å². The Balaban J connectivity index is 1.59. The first-order valence-electron chi connectivity index (χ1n) is 10.8. The van der Waals surface area contributed by atoms with Crippen molar-refractivity contribution in [3.05, 3.63) is 112 Å². The van der Waals surface area contributed by atoms with Gasteiger partial charge < -0.3 is 14.8 Å². The lowest BCUT2D eigenvalue weighted by Gasteiger charge is -2.39. The van der Waals surface area contributed by atoms with Crippen LogP contribution in [0, 0.1) is 5.82 Å². The largest absolute Gasteiger partial charge is 0.480 e. The van der Waals surface area contributed by atoms with Crippen LogP contribution in [0.3, 0.4) is 0 Å². The van der Waals surface area contributed by atoms with E-state index < -0.39 is 18.1 Å². The summed E-state index contributed by atoms with van der Waals surface area (Å²) < 4.78 is 28.1. The number of nitrogens with one attached hydrogen (secondary N) is 1. The highest BCUT2D eigenvalue weighted by Crippen LogP contribution is 2.51. The van der Waals surface area contributed by atoms with Gasteiger partial charge in [0.2, 0.25) is 5.95 Å². The molecule has 0 spiro atoms. The number of ether oxygens (including phenoxy) is 2. The van der Waals surface area contributed by atoms with E-state index in [0.717, 1.165) is 22.4 Å². The van der Waals surface area contributed by atoms with Gasteiger partial charge in [0.15, 0.2) is 0 Å². The number of hydrogen-bond acceptors (Lipinski definition) is 6. The summed E-state index contributed by atoms with van der Waals surface area (Å²) in [4.78, 5) is 16.3. The molecule has 1 N–H and O–H groups in total. The van der Waals surface area contributed by atoms with Crippen LogP contribution in [-0.2, 0) is 4.74 Å². The van der Waals surface area contributed by atoms with E-state index in [1.54, 1.807) is 65.3 Å². The van der Waals surface area contributed by atoms with Crippen molar-refractivity contribution in [3.63, 3.8) is 0 Å². The summed E-state index contributed by atoms with van der Waals surface area (Å²) >= 11 is 6.34. The fraction of sp³-hybridized carbons (Fsp3) is 0.115.